The van der Waals surface area contributed by atoms with Gasteiger partial charge in [-0.3, -0.25) is 0 Å². The van der Waals surface area contributed by atoms with Crippen LogP contribution in [0.1, 0.15) is 49.9 Å². The molecule has 0 amide bonds. The van der Waals surface area contributed by atoms with Gasteiger partial charge < -0.3 is 7.28 Å². The molecule has 84 valence electrons. The van der Waals surface area contributed by atoms with Crippen molar-refractivity contribution in [2.45, 2.75) is 50.2 Å². The van der Waals surface area contributed by atoms with E-state index in [-0.39, 0.29) is 0 Å². The first-order valence-electron chi connectivity index (χ1n) is 6.83. The highest BCUT2D eigenvalue weighted by molar-refractivity contribution is 6.40. The van der Waals surface area contributed by atoms with Crippen LogP contribution in [0.2, 0.25) is 5.82 Å². The van der Waals surface area contributed by atoms with Gasteiger partial charge in [0.1, 0.15) is 0 Å². The largest absolute Gasteiger partial charge is 0.322 e. The Hall–Kier alpha value is -0.715. The van der Waals surface area contributed by atoms with Crippen LogP contribution in [0.3, 0.4) is 0 Å². The van der Waals surface area contributed by atoms with E-state index >= 15 is 0 Å². The van der Waals surface area contributed by atoms with Crippen molar-refractivity contribution in [3.05, 3.63) is 35.9 Å². The normalized spacial score (nSPS) is 34.4. The van der Waals surface area contributed by atoms with Gasteiger partial charge in [-0.2, -0.15) is 0 Å². The molecule has 3 rings (SSSR count). The first-order chi connectivity index (χ1) is 7.93. The summed E-state index contributed by atoms with van der Waals surface area (Å²) in [7, 11) is 2.68. The van der Waals surface area contributed by atoms with Crippen molar-refractivity contribution in [3.8, 4) is 0 Å². The van der Waals surface area contributed by atoms with Gasteiger partial charge in [0, 0.05) is 0 Å². The Bertz CT molecular complexity index is 323. The molecule has 0 saturated carbocycles. The first kappa shape index (κ1) is 10.4. The lowest BCUT2D eigenvalue weighted by Crippen LogP contribution is -2.17. The lowest BCUT2D eigenvalue weighted by molar-refractivity contribution is 0.392. The van der Waals surface area contributed by atoms with E-state index in [1.54, 1.807) is 5.56 Å². The number of benzene rings is 1. The second-order valence-corrected chi connectivity index (χ2v) is 5.51. The lowest BCUT2D eigenvalue weighted by atomic mass is 9.50. The Morgan fingerprint density at radius 2 is 1.56 bits per heavy atom. The molecule has 2 fully saturated rings. The fourth-order valence-electron chi connectivity index (χ4n) is 3.63. The van der Waals surface area contributed by atoms with Crippen molar-refractivity contribution in [2.75, 3.05) is 0 Å². The minimum absolute atomic E-state index is 0.746. The molecule has 0 unspecified atom stereocenters. The van der Waals surface area contributed by atoms with E-state index in [1.807, 2.05) is 0 Å². The summed E-state index contributed by atoms with van der Waals surface area (Å²) in [6.45, 7) is 0. The topological polar surface area (TPSA) is 0 Å². The zero-order chi connectivity index (χ0) is 10.8. The van der Waals surface area contributed by atoms with Gasteiger partial charge in [0.05, 0.1) is 0 Å². The molecule has 0 aliphatic carbocycles. The van der Waals surface area contributed by atoms with Crippen molar-refractivity contribution in [2.24, 2.45) is 5.92 Å². The molecular formula is C15H20B-. The average Bonchev–Trinajstić information content (AvgIpc) is 2.61. The zero-order valence-corrected chi connectivity index (χ0v) is 9.94. The van der Waals surface area contributed by atoms with Gasteiger partial charge in [-0.25, -0.2) is 11.6 Å². The number of fused-ring (bicyclic) bond motifs is 3. The van der Waals surface area contributed by atoms with E-state index in [1.165, 1.54) is 38.5 Å². The van der Waals surface area contributed by atoms with Gasteiger partial charge in [0.2, 0.25) is 0 Å². The summed E-state index contributed by atoms with van der Waals surface area (Å²) in [5, 5.41) is 0. The van der Waals surface area contributed by atoms with Crippen LogP contribution in [0, 0.1) is 5.92 Å². The molecule has 0 N–H and O–H groups in total. The summed E-state index contributed by atoms with van der Waals surface area (Å²) in [6.07, 6.45) is 8.70. The Morgan fingerprint density at radius 3 is 2.25 bits per heavy atom. The molecule has 2 heterocycles. The maximum absolute atomic E-state index is 2.68. The van der Waals surface area contributed by atoms with E-state index < -0.39 is 0 Å². The fourth-order valence-corrected chi connectivity index (χ4v) is 3.63. The molecule has 0 nitrogen and oxygen atoms in total. The molecule has 2 radical (unpaired) electrons. The molecule has 1 aromatic carbocycles. The maximum atomic E-state index is 2.68. The summed E-state index contributed by atoms with van der Waals surface area (Å²) >= 11 is 0. The van der Waals surface area contributed by atoms with Gasteiger partial charge in [0.15, 0.2) is 0 Å². The summed E-state index contributed by atoms with van der Waals surface area (Å²) < 4.78 is 0. The van der Waals surface area contributed by atoms with Gasteiger partial charge in [-0.1, -0.05) is 80.3 Å². The second kappa shape index (κ2) is 4.65. The minimum Gasteiger partial charge on any atom is -0.322 e. The Kier molecular flexibility index (Phi) is 3.03. The molecule has 0 spiro atoms. The summed E-state index contributed by atoms with van der Waals surface area (Å²) in [5.41, 5.74) is 1.56. The molecule has 0 aromatic heterocycles. The van der Waals surface area contributed by atoms with Crippen molar-refractivity contribution in [3.63, 3.8) is 0 Å². The third-order valence-corrected chi connectivity index (χ3v) is 4.47. The Balaban J connectivity index is 1.88. The average molecular weight is 211 g/mol. The summed E-state index contributed by atoms with van der Waals surface area (Å²) in [4.78, 5) is 0. The molecule has 2 aliphatic heterocycles. The van der Waals surface area contributed by atoms with Crippen LogP contribution in [0.15, 0.2) is 30.3 Å². The monoisotopic (exact) mass is 211 g/mol. The molecule has 1 atom stereocenters. The van der Waals surface area contributed by atoms with E-state index in [9.17, 15) is 0 Å². The van der Waals surface area contributed by atoms with Gasteiger partial charge in [0.25, 0.3) is 0 Å². The maximum Gasteiger partial charge on any atom is -0.0532 e. The molecule has 16 heavy (non-hydrogen) atoms. The second-order valence-electron chi connectivity index (χ2n) is 5.51. The molecule has 2 bridgehead atoms. The van der Waals surface area contributed by atoms with E-state index in [0.29, 0.717) is 0 Å². The van der Waals surface area contributed by atoms with Crippen LogP contribution in [-0.2, 0) is 0 Å². The third kappa shape index (κ3) is 2.05. The first-order valence-corrected chi connectivity index (χ1v) is 6.83. The predicted octanol–water partition coefficient (Wildman–Crippen LogP) is 4.20. The van der Waals surface area contributed by atoms with Gasteiger partial charge in [-0.05, 0) is 0 Å². The minimum atomic E-state index is 0.746. The highest BCUT2D eigenvalue weighted by Gasteiger charge is 2.22. The van der Waals surface area contributed by atoms with Crippen LogP contribution >= 0.6 is 0 Å². The van der Waals surface area contributed by atoms with Crippen molar-refractivity contribution in [1.29, 1.82) is 0 Å². The standard InChI is InChI=1S/C15H20B/c1-2-6-12(7-3-1)15-13-8-4-10-14(16-15)11-5-9-13/h1-3,6-7,13-15H,4-5,8-11H2/q-1/t13?,14?,15-/m1/s1. The molecule has 2 saturated heterocycles. The smallest absolute Gasteiger partial charge is 0.0532 e. The van der Waals surface area contributed by atoms with E-state index in [0.717, 1.165) is 17.6 Å². The Labute approximate surface area is 99.7 Å². The zero-order valence-electron chi connectivity index (χ0n) is 9.94. The predicted molar refractivity (Wildman–Crippen MR) is 69.9 cm³/mol. The van der Waals surface area contributed by atoms with E-state index in [2.05, 4.69) is 37.6 Å². The third-order valence-electron chi connectivity index (χ3n) is 4.47. The van der Waals surface area contributed by atoms with Crippen LogP contribution in [0.4, 0.5) is 0 Å². The van der Waals surface area contributed by atoms with Crippen LogP contribution in [-0.4, -0.2) is 7.28 Å². The molecule has 1 aromatic rings. The number of hydrogen-bond acceptors (Lipinski definition) is 0. The van der Waals surface area contributed by atoms with E-state index in [4.69, 9.17) is 0 Å². The van der Waals surface area contributed by atoms with Gasteiger partial charge in [-0.15, -0.1) is 0 Å². The van der Waals surface area contributed by atoms with Crippen LogP contribution < -0.4 is 0 Å². The molecule has 2 aliphatic rings. The van der Waals surface area contributed by atoms with Crippen molar-refractivity contribution >= 4 is 7.28 Å². The molecule has 1 heteroatoms. The lowest BCUT2D eigenvalue weighted by Gasteiger charge is -2.36. The summed E-state index contributed by atoms with van der Waals surface area (Å²) in [6, 6.07) is 11.2. The fraction of sp³-hybridized carbons (Fsp3) is 0.600. The SMILES string of the molecule is [B-]1C2CCCC(CCC2)[C@H]1c1ccccc1. The summed E-state index contributed by atoms with van der Waals surface area (Å²) in [5.74, 6) is 2.57. The van der Waals surface area contributed by atoms with Crippen LogP contribution in [0.5, 0.6) is 0 Å². The highest BCUT2D eigenvalue weighted by atomic mass is 14.3. The number of hydrogen-bond donors (Lipinski definition) is 0. The Morgan fingerprint density at radius 1 is 0.875 bits per heavy atom. The van der Waals surface area contributed by atoms with Crippen molar-refractivity contribution in [1.82, 2.24) is 0 Å². The van der Waals surface area contributed by atoms with Gasteiger partial charge >= 0.3 is 0 Å². The highest BCUT2D eigenvalue weighted by Crippen LogP contribution is 2.43. The number of rotatable bonds is 1. The van der Waals surface area contributed by atoms with Crippen molar-refractivity contribution < 1.29 is 0 Å². The van der Waals surface area contributed by atoms with Crippen LogP contribution in [0.25, 0.3) is 0 Å². The molecular weight excluding hydrogens is 191 g/mol. The quantitative estimate of drug-likeness (QED) is 0.610.